The summed E-state index contributed by atoms with van der Waals surface area (Å²) in [5, 5.41) is 21.7. The molecule has 0 fully saturated rings. The van der Waals surface area contributed by atoms with Gasteiger partial charge in [0.15, 0.2) is 0 Å². The van der Waals surface area contributed by atoms with E-state index < -0.39 is 0 Å². The lowest BCUT2D eigenvalue weighted by molar-refractivity contribution is 0.193. The van der Waals surface area contributed by atoms with Crippen molar-refractivity contribution in [2.75, 3.05) is 0 Å². The average molecular weight is 343 g/mol. The topological polar surface area (TPSA) is 40.5 Å². The zero-order valence-corrected chi connectivity index (χ0v) is 17.1. The van der Waals surface area contributed by atoms with E-state index in [1.165, 1.54) is 5.57 Å². The van der Waals surface area contributed by atoms with Gasteiger partial charge in [0.25, 0.3) is 0 Å². The molecule has 0 radical (unpaired) electrons. The number of aliphatic hydroxyl groups is 1. The zero-order chi connectivity index (χ0) is 19.2. The standard InChI is InChI=1S/C23H34O2/c1-14-9-16(20(24)18(11-14)22(3,4)5)13-17-10-15(2)12-19(21(17)25)23(6,7)8/h9-11,19,24-25H,12-13H2,1-8H3. The van der Waals surface area contributed by atoms with E-state index in [2.05, 4.69) is 67.5 Å². The number of aliphatic hydroxyl groups excluding tert-OH is 1. The molecule has 1 unspecified atom stereocenters. The van der Waals surface area contributed by atoms with Crippen LogP contribution in [0.4, 0.5) is 0 Å². The number of phenols is 1. The van der Waals surface area contributed by atoms with Crippen LogP contribution in [0.2, 0.25) is 0 Å². The summed E-state index contributed by atoms with van der Waals surface area (Å²) >= 11 is 0. The van der Waals surface area contributed by atoms with E-state index in [4.69, 9.17) is 0 Å². The van der Waals surface area contributed by atoms with Crippen molar-refractivity contribution in [2.24, 2.45) is 11.3 Å². The maximum absolute atomic E-state index is 10.9. The van der Waals surface area contributed by atoms with Crippen LogP contribution in [0.1, 0.15) is 71.6 Å². The molecule has 2 N–H and O–H groups in total. The fourth-order valence-corrected chi connectivity index (χ4v) is 3.70. The SMILES string of the molecule is CC1=CC(Cc2cc(C)cc(C(C)(C)C)c2O)=C(O)C(C(C)(C)C)C1. The number of aryl methyl sites for hydroxylation is 1. The van der Waals surface area contributed by atoms with Crippen molar-refractivity contribution in [3.8, 4) is 5.75 Å². The molecule has 1 aliphatic rings. The van der Waals surface area contributed by atoms with Gasteiger partial charge in [0.1, 0.15) is 5.75 Å². The second-order valence-corrected chi connectivity index (χ2v) is 9.77. The molecule has 2 nitrogen and oxygen atoms in total. The van der Waals surface area contributed by atoms with Gasteiger partial charge in [-0.25, -0.2) is 0 Å². The van der Waals surface area contributed by atoms with Gasteiger partial charge in [0, 0.05) is 12.3 Å². The third-order valence-electron chi connectivity index (χ3n) is 5.17. The molecule has 1 aromatic carbocycles. The first-order valence-electron chi connectivity index (χ1n) is 9.23. The second-order valence-electron chi connectivity index (χ2n) is 9.77. The molecule has 0 heterocycles. The number of aromatic hydroxyl groups is 1. The summed E-state index contributed by atoms with van der Waals surface area (Å²) in [6.45, 7) is 17.0. The van der Waals surface area contributed by atoms with Gasteiger partial charge in [0.05, 0.1) is 5.76 Å². The Morgan fingerprint density at radius 3 is 2.12 bits per heavy atom. The molecular formula is C23H34O2. The average Bonchev–Trinajstić information content (AvgIpc) is 2.43. The zero-order valence-electron chi connectivity index (χ0n) is 17.1. The summed E-state index contributed by atoms with van der Waals surface area (Å²) in [6.07, 6.45) is 3.55. The van der Waals surface area contributed by atoms with Gasteiger partial charge >= 0.3 is 0 Å². The summed E-state index contributed by atoms with van der Waals surface area (Å²) in [4.78, 5) is 0. The van der Waals surface area contributed by atoms with Crippen molar-refractivity contribution in [3.05, 3.63) is 51.8 Å². The molecule has 2 heteroatoms. The van der Waals surface area contributed by atoms with Crippen LogP contribution in [0, 0.1) is 18.3 Å². The fraction of sp³-hybridized carbons (Fsp3) is 0.565. The first-order chi connectivity index (χ1) is 11.3. The minimum Gasteiger partial charge on any atom is -0.512 e. The minimum absolute atomic E-state index is 0.00999. The van der Waals surface area contributed by atoms with Crippen LogP contribution in [0.3, 0.4) is 0 Å². The molecule has 1 aliphatic carbocycles. The number of rotatable bonds is 2. The Balaban J connectivity index is 2.50. The van der Waals surface area contributed by atoms with Gasteiger partial charge in [0.2, 0.25) is 0 Å². The Hall–Kier alpha value is -1.70. The van der Waals surface area contributed by atoms with Gasteiger partial charge in [-0.15, -0.1) is 0 Å². The van der Waals surface area contributed by atoms with Gasteiger partial charge < -0.3 is 10.2 Å². The minimum atomic E-state index is -0.118. The van der Waals surface area contributed by atoms with E-state index in [-0.39, 0.29) is 16.7 Å². The van der Waals surface area contributed by atoms with Crippen molar-refractivity contribution < 1.29 is 10.2 Å². The maximum Gasteiger partial charge on any atom is 0.122 e. The smallest absolute Gasteiger partial charge is 0.122 e. The van der Waals surface area contributed by atoms with Crippen LogP contribution in [0.5, 0.6) is 5.75 Å². The summed E-state index contributed by atoms with van der Waals surface area (Å²) in [7, 11) is 0. The van der Waals surface area contributed by atoms with Crippen molar-refractivity contribution in [1.82, 2.24) is 0 Å². The molecule has 0 bridgehead atoms. The Morgan fingerprint density at radius 1 is 1.00 bits per heavy atom. The highest BCUT2D eigenvalue weighted by molar-refractivity contribution is 5.50. The Kier molecular flexibility index (Phi) is 5.14. The molecular weight excluding hydrogens is 308 g/mol. The van der Waals surface area contributed by atoms with E-state index in [9.17, 15) is 10.2 Å². The number of allylic oxidation sites excluding steroid dienone is 4. The lowest BCUT2D eigenvalue weighted by Crippen LogP contribution is -2.26. The summed E-state index contributed by atoms with van der Waals surface area (Å²) in [6, 6.07) is 4.10. The molecule has 1 atom stereocenters. The third kappa shape index (κ3) is 4.29. The summed E-state index contributed by atoms with van der Waals surface area (Å²) < 4.78 is 0. The van der Waals surface area contributed by atoms with E-state index in [0.717, 1.165) is 28.7 Å². The van der Waals surface area contributed by atoms with Crippen LogP contribution >= 0.6 is 0 Å². The van der Waals surface area contributed by atoms with E-state index in [0.29, 0.717) is 17.9 Å². The number of hydrogen-bond donors (Lipinski definition) is 2. The van der Waals surface area contributed by atoms with Crippen LogP contribution in [0.25, 0.3) is 0 Å². The molecule has 0 saturated carbocycles. The quantitative estimate of drug-likeness (QED) is 0.656. The molecule has 138 valence electrons. The van der Waals surface area contributed by atoms with Crippen molar-refractivity contribution in [2.45, 2.75) is 73.6 Å². The highest BCUT2D eigenvalue weighted by Crippen LogP contribution is 2.42. The summed E-state index contributed by atoms with van der Waals surface area (Å²) in [5.74, 6) is 0.972. The maximum atomic E-state index is 10.9. The second kappa shape index (κ2) is 6.55. The number of benzene rings is 1. The Morgan fingerprint density at radius 2 is 1.60 bits per heavy atom. The number of hydrogen-bond acceptors (Lipinski definition) is 2. The van der Waals surface area contributed by atoms with Crippen LogP contribution in [-0.4, -0.2) is 10.2 Å². The molecule has 2 rings (SSSR count). The fourth-order valence-electron chi connectivity index (χ4n) is 3.70. The molecule has 0 saturated heterocycles. The van der Waals surface area contributed by atoms with E-state index >= 15 is 0 Å². The lowest BCUT2D eigenvalue weighted by Gasteiger charge is -2.34. The molecule has 0 aliphatic heterocycles. The van der Waals surface area contributed by atoms with Crippen LogP contribution < -0.4 is 0 Å². The predicted octanol–water partition coefficient (Wildman–Crippen LogP) is 6.37. The van der Waals surface area contributed by atoms with Crippen LogP contribution in [0.15, 0.2) is 35.1 Å². The van der Waals surface area contributed by atoms with Gasteiger partial charge in [-0.05, 0) is 47.8 Å². The highest BCUT2D eigenvalue weighted by atomic mass is 16.3. The lowest BCUT2D eigenvalue weighted by atomic mass is 9.72. The molecule has 0 amide bonds. The molecule has 0 aromatic heterocycles. The number of phenolic OH excluding ortho intramolecular Hbond substituents is 1. The largest absolute Gasteiger partial charge is 0.512 e. The first kappa shape index (κ1) is 19.6. The molecule has 0 spiro atoms. The Labute approximate surface area is 153 Å². The van der Waals surface area contributed by atoms with Crippen molar-refractivity contribution in [1.29, 1.82) is 0 Å². The predicted molar refractivity (Wildman–Crippen MR) is 106 cm³/mol. The van der Waals surface area contributed by atoms with Gasteiger partial charge in [-0.3, -0.25) is 0 Å². The van der Waals surface area contributed by atoms with Crippen LogP contribution in [-0.2, 0) is 11.8 Å². The van der Waals surface area contributed by atoms with Gasteiger partial charge in [-0.1, -0.05) is 70.9 Å². The van der Waals surface area contributed by atoms with Crippen molar-refractivity contribution in [3.63, 3.8) is 0 Å². The third-order valence-corrected chi connectivity index (χ3v) is 5.17. The van der Waals surface area contributed by atoms with E-state index in [1.54, 1.807) is 0 Å². The Bertz CT molecular complexity index is 722. The molecule has 25 heavy (non-hydrogen) atoms. The van der Waals surface area contributed by atoms with Gasteiger partial charge in [-0.2, -0.15) is 0 Å². The molecule has 1 aromatic rings. The van der Waals surface area contributed by atoms with Crippen molar-refractivity contribution >= 4 is 0 Å². The monoisotopic (exact) mass is 342 g/mol. The summed E-state index contributed by atoms with van der Waals surface area (Å²) in [5.41, 5.74) is 5.11. The normalized spacial score (nSPS) is 19.2. The first-order valence-corrected chi connectivity index (χ1v) is 9.23. The highest BCUT2D eigenvalue weighted by Gasteiger charge is 2.32. The van der Waals surface area contributed by atoms with E-state index in [1.807, 2.05) is 6.07 Å².